The topological polar surface area (TPSA) is 41.7 Å². The van der Waals surface area contributed by atoms with Gasteiger partial charge in [0.15, 0.2) is 0 Å². The second kappa shape index (κ2) is 6.37. The van der Waals surface area contributed by atoms with Crippen molar-refractivity contribution in [3.8, 4) is 5.75 Å². The van der Waals surface area contributed by atoms with Crippen molar-refractivity contribution in [2.75, 3.05) is 40.3 Å². The predicted molar refractivity (Wildman–Crippen MR) is 78.5 cm³/mol. The fourth-order valence-corrected chi connectivity index (χ4v) is 2.77. The first kappa shape index (κ1) is 14.3. The van der Waals surface area contributed by atoms with Gasteiger partial charge < -0.3 is 15.4 Å². The molecule has 0 amide bonds. The maximum Gasteiger partial charge on any atom is 0.123 e. The lowest BCUT2D eigenvalue weighted by molar-refractivity contribution is 0.0943. The van der Waals surface area contributed by atoms with Crippen molar-refractivity contribution >= 4 is 0 Å². The molecule has 0 saturated carbocycles. The lowest BCUT2D eigenvalue weighted by Crippen LogP contribution is -2.52. The first-order chi connectivity index (χ1) is 9.11. The Bertz CT molecular complexity index is 410. The second-order valence-corrected chi connectivity index (χ2v) is 5.45. The number of nitrogens with two attached hydrogens (primary N) is 1. The normalized spacial score (nSPS) is 23.3. The molecule has 1 aromatic rings. The quantitative estimate of drug-likeness (QED) is 0.890. The Morgan fingerprint density at radius 2 is 2.11 bits per heavy atom. The highest BCUT2D eigenvalue weighted by Crippen LogP contribution is 2.24. The highest BCUT2D eigenvalue weighted by Gasteiger charge is 2.24. The molecule has 1 aliphatic heterocycles. The molecule has 0 radical (unpaired) electrons. The zero-order valence-electron chi connectivity index (χ0n) is 12.2. The van der Waals surface area contributed by atoms with Gasteiger partial charge in [0.05, 0.1) is 7.11 Å². The molecule has 2 atom stereocenters. The predicted octanol–water partition coefficient (Wildman–Crippen LogP) is 1.33. The molecule has 19 heavy (non-hydrogen) atoms. The summed E-state index contributed by atoms with van der Waals surface area (Å²) < 4.78 is 5.39. The standard InChI is InChI=1S/C15H25N3O/c1-12-10-17(2)8-9-18(12)11-14(16)13-6-4-5-7-15(13)19-3/h4-7,12,14H,8-11,16H2,1-3H3. The lowest BCUT2D eigenvalue weighted by Gasteiger charge is -2.39. The van der Waals surface area contributed by atoms with Gasteiger partial charge in [-0.1, -0.05) is 18.2 Å². The van der Waals surface area contributed by atoms with Gasteiger partial charge in [0.2, 0.25) is 0 Å². The first-order valence-electron chi connectivity index (χ1n) is 6.93. The number of rotatable bonds is 4. The lowest BCUT2D eigenvalue weighted by atomic mass is 10.0. The molecule has 2 unspecified atom stereocenters. The van der Waals surface area contributed by atoms with Crippen LogP contribution in [-0.4, -0.2) is 56.2 Å². The third-order valence-electron chi connectivity index (χ3n) is 3.94. The van der Waals surface area contributed by atoms with Crippen molar-refractivity contribution in [1.29, 1.82) is 0 Å². The third kappa shape index (κ3) is 3.47. The van der Waals surface area contributed by atoms with E-state index in [2.05, 4.69) is 29.8 Å². The minimum atomic E-state index is 0.00186. The number of methoxy groups -OCH3 is 1. The van der Waals surface area contributed by atoms with Crippen LogP contribution in [0.1, 0.15) is 18.5 Å². The van der Waals surface area contributed by atoms with Crippen LogP contribution in [0, 0.1) is 0 Å². The van der Waals surface area contributed by atoms with Crippen molar-refractivity contribution in [2.24, 2.45) is 5.73 Å². The number of hydrogen-bond acceptors (Lipinski definition) is 4. The van der Waals surface area contributed by atoms with E-state index in [1.807, 2.05) is 18.2 Å². The Hall–Kier alpha value is -1.10. The molecule has 0 spiro atoms. The summed E-state index contributed by atoms with van der Waals surface area (Å²) in [6, 6.07) is 8.59. The van der Waals surface area contributed by atoms with Crippen LogP contribution in [-0.2, 0) is 0 Å². The molecular formula is C15H25N3O. The van der Waals surface area contributed by atoms with E-state index in [1.165, 1.54) is 0 Å². The van der Waals surface area contributed by atoms with Crippen LogP contribution in [0.2, 0.25) is 0 Å². The highest BCUT2D eigenvalue weighted by molar-refractivity contribution is 5.35. The first-order valence-corrected chi connectivity index (χ1v) is 6.93. The van der Waals surface area contributed by atoms with Crippen LogP contribution in [0.4, 0.5) is 0 Å². The van der Waals surface area contributed by atoms with Gasteiger partial charge in [-0.2, -0.15) is 0 Å². The summed E-state index contributed by atoms with van der Waals surface area (Å²) in [5.41, 5.74) is 7.46. The summed E-state index contributed by atoms with van der Waals surface area (Å²) in [5.74, 6) is 0.886. The molecular weight excluding hydrogens is 238 g/mol. The Morgan fingerprint density at radius 1 is 1.37 bits per heavy atom. The van der Waals surface area contributed by atoms with Gasteiger partial charge in [-0.05, 0) is 20.0 Å². The molecule has 1 fully saturated rings. The summed E-state index contributed by atoms with van der Waals surface area (Å²) in [6.45, 7) is 6.46. The zero-order valence-corrected chi connectivity index (χ0v) is 12.2. The van der Waals surface area contributed by atoms with E-state index in [0.717, 1.165) is 37.5 Å². The summed E-state index contributed by atoms with van der Waals surface area (Å²) in [4.78, 5) is 4.84. The van der Waals surface area contributed by atoms with Gasteiger partial charge in [0.1, 0.15) is 5.75 Å². The number of benzene rings is 1. The molecule has 0 aromatic heterocycles. The molecule has 1 aliphatic rings. The van der Waals surface area contributed by atoms with E-state index in [9.17, 15) is 0 Å². The van der Waals surface area contributed by atoms with Crippen molar-refractivity contribution in [2.45, 2.75) is 19.0 Å². The molecule has 1 heterocycles. The van der Waals surface area contributed by atoms with E-state index < -0.39 is 0 Å². The van der Waals surface area contributed by atoms with Gasteiger partial charge in [-0.15, -0.1) is 0 Å². The average molecular weight is 263 g/mol. The van der Waals surface area contributed by atoms with Gasteiger partial charge in [-0.3, -0.25) is 4.90 Å². The molecule has 2 rings (SSSR count). The van der Waals surface area contributed by atoms with Crippen molar-refractivity contribution in [1.82, 2.24) is 9.80 Å². The molecule has 1 aromatic carbocycles. The van der Waals surface area contributed by atoms with Gasteiger partial charge in [-0.25, -0.2) is 0 Å². The van der Waals surface area contributed by atoms with Crippen LogP contribution in [0.3, 0.4) is 0 Å². The Labute approximate surface area is 116 Å². The number of hydrogen-bond donors (Lipinski definition) is 1. The van der Waals surface area contributed by atoms with Gasteiger partial charge in [0.25, 0.3) is 0 Å². The molecule has 4 nitrogen and oxygen atoms in total. The molecule has 4 heteroatoms. The van der Waals surface area contributed by atoms with Crippen LogP contribution in [0.15, 0.2) is 24.3 Å². The number of nitrogens with zero attached hydrogens (tertiary/aromatic N) is 2. The van der Waals surface area contributed by atoms with Crippen LogP contribution < -0.4 is 10.5 Å². The van der Waals surface area contributed by atoms with E-state index in [0.29, 0.717) is 6.04 Å². The van der Waals surface area contributed by atoms with E-state index in [4.69, 9.17) is 10.5 Å². The zero-order chi connectivity index (χ0) is 13.8. The Kier molecular flexibility index (Phi) is 4.80. The minimum absolute atomic E-state index is 0.00186. The third-order valence-corrected chi connectivity index (χ3v) is 3.94. The van der Waals surface area contributed by atoms with Crippen LogP contribution >= 0.6 is 0 Å². The fraction of sp³-hybridized carbons (Fsp3) is 0.600. The number of ether oxygens (including phenoxy) is 1. The number of piperazine rings is 1. The molecule has 1 saturated heterocycles. The van der Waals surface area contributed by atoms with Crippen molar-refractivity contribution in [3.63, 3.8) is 0 Å². The Balaban J connectivity index is 2.02. The molecule has 0 bridgehead atoms. The smallest absolute Gasteiger partial charge is 0.123 e. The molecule has 106 valence electrons. The summed E-state index contributed by atoms with van der Waals surface area (Å²) in [7, 11) is 3.87. The maximum atomic E-state index is 6.36. The Morgan fingerprint density at radius 3 is 2.79 bits per heavy atom. The van der Waals surface area contributed by atoms with Gasteiger partial charge >= 0.3 is 0 Å². The second-order valence-electron chi connectivity index (χ2n) is 5.45. The van der Waals surface area contributed by atoms with Crippen LogP contribution in [0.5, 0.6) is 5.75 Å². The van der Waals surface area contributed by atoms with Crippen LogP contribution in [0.25, 0.3) is 0 Å². The number of para-hydroxylation sites is 1. The molecule has 0 aliphatic carbocycles. The summed E-state index contributed by atoms with van der Waals surface area (Å²) >= 11 is 0. The highest BCUT2D eigenvalue weighted by atomic mass is 16.5. The number of likely N-dealkylation sites (N-methyl/N-ethyl adjacent to an activating group) is 1. The summed E-state index contributed by atoms with van der Waals surface area (Å²) in [5, 5.41) is 0. The van der Waals surface area contributed by atoms with Crippen molar-refractivity contribution in [3.05, 3.63) is 29.8 Å². The summed E-state index contributed by atoms with van der Waals surface area (Å²) in [6.07, 6.45) is 0. The SMILES string of the molecule is COc1ccccc1C(N)CN1CCN(C)CC1C. The van der Waals surface area contributed by atoms with Crippen molar-refractivity contribution < 1.29 is 4.74 Å². The largest absolute Gasteiger partial charge is 0.496 e. The van der Waals surface area contributed by atoms with E-state index in [-0.39, 0.29) is 6.04 Å². The van der Waals surface area contributed by atoms with E-state index in [1.54, 1.807) is 7.11 Å². The van der Waals surface area contributed by atoms with E-state index >= 15 is 0 Å². The fourth-order valence-electron chi connectivity index (χ4n) is 2.77. The maximum absolute atomic E-state index is 6.36. The minimum Gasteiger partial charge on any atom is -0.496 e. The molecule has 2 N–H and O–H groups in total. The average Bonchev–Trinajstić information content (AvgIpc) is 2.41. The monoisotopic (exact) mass is 263 g/mol. The van der Waals surface area contributed by atoms with Gasteiger partial charge in [0, 0.05) is 43.8 Å².